The smallest absolute Gasteiger partial charge is 0.311 e. The number of methoxy groups -OCH3 is 1. The maximum atomic E-state index is 11.1. The van der Waals surface area contributed by atoms with Crippen molar-refractivity contribution in [3.8, 4) is 0 Å². The van der Waals surface area contributed by atoms with Gasteiger partial charge in [0, 0.05) is 24.9 Å². The number of imidazole rings is 1. The monoisotopic (exact) mass is 275 g/mol. The third-order valence-electron chi connectivity index (χ3n) is 2.75. The fourth-order valence-electron chi connectivity index (χ4n) is 1.74. The molecular weight excluding hydrogens is 262 g/mol. The first-order valence-corrected chi connectivity index (χ1v) is 5.89. The molecule has 0 aliphatic rings. The van der Waals surface area contributed by atoms with E-state index in [1.807, 2.05) is 0 Å². The number of aromatic nitrogens is 2. The Labute approximate surface area is 115 Å². The summed E-state index contributed by atoms with van der Waals surface area (Å²) in [5.41, 5.74) is 1.60. The van der Waals surface area contributed by atoms with Crippen LogP contribution in [-0.4, -0.2) is 27.6 Å². The van der Waals surface area contributed by atoms with Crippen molar-refractivity contribution in [2.45, 2.75) is 13.0 Å². The first-order valence-electron chi connectivity index (χ1n) is 5.89. The molecule has 1 aromatic carbocycles. The first-order chi connectivity index (χ1) is 9.58. The topological polar surface area (TPSA) is 87.3 Å². The molecule has 0 aliphatic carbocycles. The minimum absolute atomic E-state index is 0.0609. The van der Waals surface area contributed by atoms with Crippen molar-refractivity contribution >= 4 is 11.7 Å². The molecule has 7 heteroatoms. The zero-order chi connectivity index (χ0) is 14.5. The van der Waals surface area contributed by atoms with Gasteiger partial charge in [0.2, 0.25) is 0 Å². The van der Waals surface area contributed by atoms with Crippen molar-refractivity contribution in [1.29, 1.82) is 0 Å². The van der Waals surface area contributed by atoms with Gasteiger partial charge in [0.25, 0.3) is 5.69 Å². The molecule has 0 unspecified atom stereocenters. The molecule has 1 heterocycles. The van der Waals surface area contributed by atoms with Gasteiger partial charge in [-0.15, -0.1) is 0 Å². The quantitative estimate of drug-likeness (QED) is 0.469. The Balaban J connectivity index is 2.03. The molecule has 0 fully saturated rings. The van der Waals surface area contributed by atoms with E-state index in [1.54, 1.807) is 29.2 Å². The summed E-state index contributed by atoms with van der Waals surface area (Å²) in [6.07, 6.45) is 3.49. The molecule has 1 aromatic heterocycles. The van der Waals surface area contributed by atoms with E-state index < -0.39 is 4.92 Å². The molecule has 0 amide bonds. The number of non-ortho nitro benzene ring substituents is 1. The minimum Gasteiger partial charge on any atom is -0.469 e. The zero-order valence-corrected chi connectivity index (χ0v) is 10.9. The molecule has 0 aliphatic heterocycles. The maximum Gasteiger partial charge on any atom is 0.311 e. The van der Waals surface area contributed by atoms with Gasteiger partial charge in [0.1, 0.15) is 0 Å². The Kier molecular flexibility index (Phi) is 4.09. The second-order valence-electron chi connectivity index (χ2n) is 4.21. The van der Waals surface area contributed by atoms with E-state index in [2.05, 4.69) is 9.72 Å². The average Bonchev–Trinajstić information content (AvgIpc) is 2.86. The number of carbonyl (C=O) groups is 1. The number of benzene rings is 1. The molecule has 0 atom stereocenters. The van der Waals surface area contributed by atoms with Crippen molar-refractivity contribution in [2.75, 3.05) is 7.11 Å². The molecule has 7 nitrogen and oxygen atoms in total. The summed E-state index contributed by atoms with van der Waals surface area (Å²) < 4.78 is 6.37. The number of esters is 1. The number of ether oxygens (including phenoxy) is 1. The lowest BCUT2D eigenvalue weighted by Gasteiger charge is -2.01. The second kappa shape index (κ2) is 5.96. The minimum atomic E-state index is -0.435. The summed E-state index contributed by atoms with van der Waals surface area (Å²) in [4.78, 5) is 25.3. The molecule has 0 bridgehead atoms. The van der Waals surface area contributed by atoms with E-state index in [0.29, 0.717) is 12.2 Å². The summed E-state index contributed by atoms with van der Waals surface area (Å²) in [6.45, 7) is 0.534. The van der Waals surface area contributed by atoms with Gasteiger partial charge in [-0.3, -0.25) is 14.9 Å². The lowest BCUT2D eigenvalue weighted by atomic mass is 10.2. The van der Waals surface area contributed by atoms with Crippen LogP contribution >= 0.6 is 0 Å². The summed E-state index contributed by atoms with van der Waals surface area (Å²) in [5.74, 6) is -0.342. The van der Waals surface area contributed by atoms with Gasteiger partial charge in [0.15, 0.2) is 0 Å². The first kappa shape index (κ1) is 13.7. The highest BCUT2D eigenvalue weighted by Crippen LogP contribution is 2.13. The van der Waals surface area contributed by atoms with Crippen LogP contribution in [0.2, 0.25) is 0 Å². The summed E-state index contributed by atoms with van der Waals surface area (Å²) in [5, 5.41) is 10.6. The van der Waals surface area contributed by atoms with Gasteiger partial charge in [-0.2, -0.15) is 0 Å². The van der Waals surface area contributed by atoms with Crippen LogP contribution in [0.4, 0.5) is 5.69 Å². The van der Waals surface area contributed by atoms with Crippen LogP contribution in [0.15, 0.2) is 36.8 Å². The lowest BCUT2D eigenvalue weighted by molar-refractivity contribution is -0.384. The standard InChI is InChI=1S/C13H13N3O4/c1-20-13(17)6-11-8-15(9-14-11)7-10-2-4-12(5-3-10)16(18)19/h2-5,8-9H,6-7H2,1H3. The Bertz CT molecular complexity index is 619. The van der Waals surface area contributed by atoms with Crippen LogP contribution in [0.1, 0.15) is 11.3 Å². The van der Waals surface area contributed by atoms with Crippen molar-refractivity contribution in [2.24, 2.45) is 0 Å². The SMILES string of the molecule is COC(=O)Cc1cn(Cc2ccc([N+](=O)[O-])cc2)cn1. The third kappa shape index (κ3) is 3.41. The number of hydrogen-bond acceptors (Lipinski definition) is 5. The molecule has 20 heavy (non-hydrogen) atoms. The van der Waals surface area contributed by atoms with Crippen molar-refractivity contribution < 1.29 is 14.5 Å². The van der Waals surface area contributed by atoms with E-state index in [1.165, 1.54) is 19.2 Å². The van der Waals surface area contributed by atoms with Crippen LogP contribution in [0.25, 0.3) is 0 Å². The van der Waals surface area contributed by atoms with Gasteiger partial charge < -0.3 is 9.30 Å². The van der Waals surface area contributed by atoms with E-state index in [4.69, 9.17) is 0 Å². The highest BCUT2D eigenvalue weighted by Gasteiger charge is 2.07. The molecule has 0 N–H and O–H groups in total. The van der Waals surface area contributed by atoms with Gasteiger partial charge in [0.05, 0.1) is 30.5 Å². The molecule has 2 aromatic rings. The molecule has 104 valence electrons. The van der Waals surface area contributed by atoms with Gasteiger partial charge in [-0.25, -0.2) is 4.98 Å². The fraction of sp³-hybridized carbons (Fsp3) is 0.231. The Morgan fingerprint density at radius 2 is 2.10 bits per heavy atom. The number of nitrogens with zero attached hydrogens (tertiary/aromatic N) is 3. The maximum absolute atomic E-state index is 11.1. The van der Waals surface area contributed by atoms with E-state index in [-0.39, 0.29) is 18.1 Å². The lowest BCUT2D eigenvalue weighted by Crippen LogP contribution is -2.04. The molecule has 0 saturated carbocycles. The number of rotatable bonds is 5. The zero-order valence-electron chi connectivity index (χ0n) is 10.9. The number of hydrogen-bond donors (Lipinski definition) is 0. The van der Waals surface area contributed by atoms with Crippen LogP contribution in [-0.2, 0) is 22.5 Å². The second-order valence-corrected chi connectivity index (χ2v) is 4.21. The van der Waals surface area contributed by atoms with Crippen molar-refractivity contribution in [1.82, 2.24) is 9.55 Å². The Hall–Kier alpha value is -2.70. The number of carbonyl (C=O) groups excluding carboxylic acids is 1. The van der Waals surface area contributed by atoms with Crippen LogP contribution in [0.3, 0.4) is 0 Å². The number of nitro benzene ring substituents is 1. The van der Waals surface area contributed by atoms with Crippen molar-refractivity contribution in [3.05, 3.63) is 58.2 Å². The molecule has 2 rings (SSSR count). The predicted molar refractivity (Wildman–Crippen MR) is 70.1 cm³/mol. The van der Waals surface area contributed by atoms with Gasteiger partial charge in [-0.1, -0.05) is 12.1 Å². The van der Waals surface area contributed by atoms with E-state index in [9.17, 15) is 14.9 Å². The summed E-state index contributed by atoms with van der Waals surface area (Å²) >= 11 is 0. The third-order valence-corrected chi connectivity index (χ3v) is 2.75. The Morgan fingerprint density at radius 1 is 1.40 bits per heavy atom. The Morgan fingerprint density at radius 3 is 2.70 bits per heavy atom. The van der Waals surface area contributed by atoms with Crippen LogP contribution in [0.5, 0.6) is 0 Å². The van der Waals surface area contributed by atoms with Crippen LogP contribution in [0, 0.1) is 10.1 Å². The average molecular weight is 275 g/mol. The normalized spacial score (nSPS) is 10.2. The van der Waals surface area contributed by atoms with Gasteiger partial charge in [-0.05, 0) is 5.56 Å². The van der Waals surface area contributed by atoms with Crippen LogP contribution < -0.4 is 0 Å². The van der Waals surface area contributed by atoms with Gasteiger partial charge >= 0.3 is 5.97 Å². The van der Waals surface area contributed by atoms with E-state index in [0.717, 1.165) is 5.56 Å². The highest BCUT2D eigenvalue weighted by atomic mass is 16.6. The summed E-state index contributed by atoms with van der Waals surface area (Å²) in [7, 11) is 1.33. The highest BCUT2D eigenvalue weighted by molar-refractivity contribution is 5.71. The van der Waals surface area contributed by atoms with E-state index >= 15 is 0 Å². The molecule has 0 saturated heterocycles. The fourth-order valence-corrected chi connectivity index (χ4v) is 1.74. The predicted octanol–water partition coefficient (Wildman–Crippen LogP) is 1.56. The molecular formula is C13H13N3O4. The van der Waals surface area contributed by atoms with Crippen molar-refractivity contribution in [3.63, 3.8) is 0 Å². The number of nitro groups is 1. The summed E-state index contributed by atoms with van der Waals surface area (Å²) in [6, 6.07) is 6.31. The molecule has 0 spiro atoms. The molecule has 0 radical (unpaired) electrons. The largest absolute Gasteiger partial charge is 0.469 e.